The second-order valence-corrected chi connectivity index (χ2v) is 27.8. The van der Waals surface area contributed by atoms with Crippen LogP contribution in [0.3, 0.4) is 0 Å². The number of rotatable bonds is 10. The zero-order chi connectivity index (χ0) is 24.8. The molecule has 2 aromatic carbocycles. The Bertz CT molecular complexity index is 984. The number of hydrogen-bond donors (Lipinski definition) is 0. The number of nitrogens with zero attached hydrogens (tertiary/aromatic N) is 3. The van der Waals surface area contributed by atoms with E-state index in [-0.39, 0.29) is 0 Å². The van der Waals surface area contributed by atoms with E-state index in [0.717, 1.165) is 28.6 Å². The average Bonchev–Trinajstić information content (AvgIpc) is 2.72. The van der Waals surface area contributed by atoms with Crippen molar-refractivity contribution in [3.63, 3.8) is 0 Å². The fourth-order valence-electron chi connectivity index (χ4n) is 3.85. The second kappa shape index (κ2) is 11.8. The predicted molar refractivity (Wildman–Crippen MR) is 149 cm³/mol. The molecule has 178 valence electrons. The summed E-state index contributed by atoms with van der Waals surface area (Å²) in [6.45, 7) is 19.1. The van der Waals surface area contributed by atoms with Crippen molar-refractivity contribution in [1.82, 2.24) is 2.04 Å². The molecule has 2 radical (unpaired) electrons. The van der Waals surface area contributed by atoms with E-state index in [4.69, 9.17) is 14.5 Å². The van der Waals surface area contributed by atoms with Crippen molar-refractivity contribution in [2.24, 2.45) is 4.99 Å². The quantitative estimate of drug-likeness (QED) is 0.207. The van der Waals surface area contributed by atoms with E-state index in [1.54, 1.807) is 14.2 Å². The van der Waals surface area contributed by atoms with Crippen LogP contribution < -0.4 is 12.2 Å². The van der Waals surface area contributed by atoms with Crippen LogP contribution in [-0.2, 0) is 0 Å². The third kappa shape index (κ3) is 7.80. The van der Waals surface area contributed by atoms with Crippen molar-refractivity contribution in [2.45, 2.75) is 53.1 Å². The van der Waals surface area contributed by atoms with Gasteiger partial charge in [-0.05, 0) is 0 Å². The molecule has 0 saturated heterocycles. The molecule has 0 heterocycles. The van der Waals surface area contributed by atoms with Gasteiger partial charge in [0.2, 0.25) is 0 Å². The molecule has 0 unspecified atom stereocenters. The number of allylic oxidation sites excluding steroid dienone is 2. The molecule has 0 aromatic heterocycles. The number of anilines is 1. The van der Waals surface area contributed by atoms with E-state index in [1.807, 2.05) is 30.3 Å². The maximum atomic E-state index is 5.78. The second-order valence-electron chi connectivity index (χ2n) is 10.00. The van der Waals surface area contributed by atoms with E-state index in [9.17, 15) is 0 Å². The first-order valence-electron chi connectivity index (χ1n) is 11.2. The SMILES string of the molecule is COc1ccccc1N=C(C)/C=C(/C)[N]([Pb][N]([Si](C)(C)C)[Si](C)(C)C)c1ccccc1OC. The fraction of sp³-hybridized carbons (Fsp3) is 0.400. The summed E-state index contributed by atoms with van der Waals surface area (Å²) in [5, 5.41) is 0. The average molecular weight is 677 g/mol. The standard InChI is InChI=1S/C19H21N2O2.C6H18NSi2.Pb/c1-14(20-16-9-5-7-11-18(16)22-3)13-15(2)21-17-10-6-8-12-19(17)23-4;1-8(2,3)7-9(4,5)6;/h5-13H,1-4H3;1-6H3;/q2*-1;+2/b14-13-,21-15?;;. The number of hydrogen-bond acceptors (Lipinski definition) is 5. The number of methoxy groups -OCH3 is 2. The van der Waals surface area contributed by atoms with Crippen molar-refractivity contribution >= 4 is 58.4 Å². The van der Waals surface area contributed by atoms with Gasteiger partial charge in [-0.2, -0.15) is 0 Å². The Morgan fingerprint density at radius 1 is 0.818 bits per heavy atom. The minimum atomic E-state index is -1.48. The monoisotopic (exact) mass is 677 g/mol. The summed E-state index contributed by atoms with van der Waals surface area (Å²) in [5.74, 6) is 1.70. The summed E-state index contributed by atoms with van der Waals surface area (Å²) in [6.07, 6.45) is 2.19. The van der Waals surface area contributed by atoms with Crippen molar-refractivity contribution in [2.75, 3.05) is 16.9 Å². The molecule has 2 rings (SSSR count). The van der Waals surface area contributed by atoms with Gasteiger partial charge >= 0.3 is 217 Å². The molecule has 0 aliphatic heterocycles. The Kier molecular flexibility index (Phi) is 9.95. The van der Waals surface area contributed by atoms with Gasteiger partial charge in [0.25, 0.3) is 0 Å². The maximum absolute atomic E-state index is 5.78. The van der Waals surface area contributed by atoms with Gasteiger partial charge in [0.1, 0.15) is 0 Å². The van der Waals surface area contributed by atoms with Gasteiger partial charge in [-0.3, -0.25) is 0 Å². The van der Waals surface area contributed by atoms with Crippen LogP contribution in [0.15, 0.2) is 65.3 Å². The van der Waals surface area contributed by atoms with Crippen LogP contribution in [0, 0.1) is 0 Å². The molecular weight excluding hydrogens is 638 g/mol. The molecule has 5 nitrogen and oxygen atoms in total. The fourth-order valence-corrected chi connectivity index (χ4v) is 24.0. The van der Waals surface area contributed by atoms with Gasteiger partial charge < -0.3 is 0 Å². The van der Waals surface area contributed by atoms with Gasteiger partial charge in [-0.1, -0.05) is 0 Å². The Morgan fingerprint density at radius 3 is 1.88 bits per heavy atom. The molecular formula is C25H39N3O2PbSi2. The first kappa shape index (κ1) is 27.8. The van der Waals surface area contributed by atoms with Gasteiger partial charge in [0, 0.05) is 0 Å². The first-order chi connectivity index (χ1) is 15.4. The molecule has 8 heteroatoms. The van der Waals surface area contributed by atoms with Crippen LogP contribution in [0.1, 0.15) is 13.8 Å². The van der Waals surface area contributed by atoms with Crippen LogP contribution >= 0.6 is 0 Å². The zero-order valence-electron chi connectivity index (χ0n) is 21.9. The van der Waals surface area contributed by atoms with Crippen molar-refractivity contribution < 1.29 is 9.47 Å². The third-order valence-electron chi connectivity index (χ3n) is 5.02. The Morgan fingerprint density at radius 2 is 1.33 bits per heavy atom. The molecule has 0 amide bonds. The molecule has 0 spiro atoms. The molecule has 0 aliphatic carbocycles. The van der Waals surface area contributed by atoms with Gasteiger partial charge in [-0.25, -0.2) is 0 Å². The molecule has 33 heavy (non-hydrogen) atoms. The first-order valence-corrected chi connectivity index (χ1v) is 21.6. The zero-order valence-corrected chi connectivity index (χ0v) is 27.7. The molecule has 0 N–H and O–H groups in total. The van der Waals surface area contributed by atoms with E-state index in [0.29, 0.717) is 0 Å². The Hall–Kier alpha value is -1.43. The van der Waals surface area contributed by atoms with Crippen molar-refractivity contribution in [1.29, 1.82) is 0 Å². The molecule has 0 saturated carbocycles. The normalized spacial score (nSPS) is 13.3. The predicted octanol–water partition coefficient (Wildman–Crippen LogP) is 6.71. The van der Waals surface area contributed by atoms with Crippen molar-refractivity contribution in [3.8, 4) is 11.5 Å². The van der Waals surface area contributed by atoms with Crippen LogP contribution in [0.2, 0.25) is 39.3 Å². The summed E-state index contributed by atoms with van der Waals surface area (Å²) < 4.78 is 16.8. The topological polar surface area (TPSA) is 37.3 Å². The summed E-state index contributed by atoms with van der Waals surface area (Å²) in [7, 11) is 0.482. The van der Waals surface area contributed by atoms with Crippen molar-refractivity contribution in [3.05, 3.63) is 60.3 Å². The molecule has 0 aliphatic rings. The minimum absolute atomic E-state index is 0.784. The van der Waals surface area contributed by atoms with Crippen LogP contribution in [0.5, 0.6) is 11.5 Å². The number of aliphatic imine (C=N–C) groups is 1. The summed E-state index contributed by atoms with van der Waals surface area (Å²) in [6, 6.07) is 16.3. The summed E-state index contributed by atoms with van der Waals surface area (Å²) in [5.41, 5.74) is 4.16. The molecule has 2 aromatic rings. The Labute approximate surface area is 215 Å². The van der Waals surface area contributed by atoms with Gasteiger partial charge in [-0.15, -0.1) is 0 Å². The third-order valence-corrected chi connectivity index (χ3v) is 33.0. The molecule has 0 atom stereocenters. The molecule has 0 fully saturated rings. The van der Waals surface area contributed by atoms with Crippen LogP contribution in [0.25, 0.3) is 0 Å². The van der Waals surface area contributed by atoms with Gasteiger partial charge in [0.15, 0.2) is 0 Å². The van der Waals surface area contributed by atoms with E-state index in [2.05, 4.69) is 82.2 Å². The number of benzene rings is 2. The Balaban J connectivity index is 2.56. The number of para-hydroxylation sites is 4. The van der Waals surface area contributed by atoms with E-state index >= 15 is 0 Å². The summed E-state index contributed by atoms with van der Waals surface area (Å²) in [4.78, 5) is 4.85. The van der Waals surface area contributed by atoms with Gasteiger partial charge in [0.05, 0.1) is 0 Å². The van der Waals surface area contributed by atoms with Crippen LogP contribution in [0.4, 0.5) is 11.4 Å². The van der Waals surface area contributed by atoms with E-state index < -0.39 is 41.3 Å². The summed E-state index contributed by atoms with van der Waals surface area (Å²) >= 11 is -1.46. The number of ether oxygens (including phenoxy) is 2. The van der Waals surface area contributed by atoms with Crippen LogP contribution in [-0.4, -0.2) is 63.3 Å². The molecule has 0 bridgehead atoms. The van der Waals surface area contributed by atoms with E-state index in [1.165, 1.54) is 5.70 Å².